The zero-order chi connectivity index (χ0) is 20.6. The maximum atomic E-state index is 12.5. The van der Waals surface area contributed by atoms with Crippen molar-refractivity contribution in [3.05, 3.63) is 35.9 Å². The van der Waals surface area contributed by atoms with Gasteiger partial charge in [0.2, 0.25) is 5.91 Å². The van der Waals surface area contributed by atoms with E-state index in [9.17, 15) is 18.0 Å². The fourth-order valence-corrected chi connectivity index (χ4v) is 3.19. The average molecular weight is 527 g/mol. The van der Waals surface area contributed by atoms with Gasteiger partial charge >= 0.3 is 6.18 Å². The van der Waals surface area contributed by atoms with Gasteiger partial charge in [0, 0.05) is 39.3 Å². The van der Waals surface area contributed by atoms with Gasteiger partial charge in [-0.05, 0) is 18.9 Å². The first-order valence-electron chi connectivity index (χ1n) is 9.38. The average Bonchev–Trinajstić information content (AvgIpc) is 3.08. The van der Waals surface area contributed by atoms with Crippen molar-refractivity contribution in [3.63, 3.8) is 0 Å². The first-order valence-corrected chi connectivity index (χ1v) is 9.38. The Bertz CT molecular complexity index is 657. The van der Waals surface area contributed by atoms with Crippen LogP contribution in [0.3, 0.4) is 0 Å². The van der Waals surface area contributed by atoms with Gasteiger partial charge < -0.3 is 15.5 Å². The molecule has 1 heterocycles. The van der Waals surface area contributed by atoms with Crippen molar-refractivity contribution in [2.45, 2.75) is 32.1 Å². The molecule has 1 unspecified atom stereocenters. The number of carbonyl (C=O) groups excluding carboxylic acids is 1. The van der Waals surface area contributed by atoms with Crippen LogP contribution >= 0.6 is 24.0 Å². The van der Waals surface area contributed by atoms with Gasteiger partial charge in [-0.3, -0.25) is 14.7 Å². The number of likely N-dealkylation sites (tertiary alicyclic amines) is 1. The second kappa shape index (κ2) is 12.2. The summed E-state index contributed by atoms with van der Waals surface area (Å²) in [6.45, 7) is 2.87. The lowest BCUT2D eigenvalue weighted by Gasteiger charge is -2.23. The fourth-order valence-electron chi connectivity index (χ4n) is 3.19. The molecule has 0 aliphatic carbocycles. The molecule has 0 aromatic heterocycles. The molecule has 2 N–H and O–H groups in total. The van der Waals surface area contributed by atoms with Crippen LogP contribution in [0.4, 0.5) is 13.2 Å². The topological polar surface area (TPSA) is 60.0 Å². The summed E-state index contributed by atoms with van der Waals surface area (Å²) in [6, 6.07) is 9.60. The number of nitrogens with one attached hydrogen (secondary N) is 2. The monoisotopic (exact) mass is 527 g/mol. The number of guanidine groups is 1. The molecule has 10 heteroatoms. The van der Waals surface area contributed by atoms with Crippen LogP contribution in [0.15, 0.2) is 35.3 Å². The number of benzene rings is 1. The molecule has 1 aliphatic rings. The number of rotatable bonds is 7. The Balaban J connectivity index is 0.00000420. The number of alkyl halides is 3. The van der Waals surface area contributed by atoms with Gasteiger partial charge in [0.1, 0.15) is 0 Å². The highest BCUT2D eigenvalue weighted by Crippen LogP contribution is 2.19. The molecular formula is C19H29F3IN5O. The molecular weight excluding hydrogens is 498 g/mol. The Kier molecular flexibility index (Phi) is 10.7. The Hall–Kier alpha value is -1.56. The third kappa shape index (κ3) is 9.20. The highest BCUT2D eigenvalue weighted by Gasteiger charge is 2.34. The summed E-state index contributed by atoms with van der Waals surface area (Å²) in [5, 5.41) is 6.07. The van der Waals surface area contributed by atoms with Crippen molar-refractivity contribution in [2.75, 3.05) is 39.8 Å². The van der Waals surface area contributed by atoms with Gasteiger partial charge in [0.05, 0.1) is 13.1 Å². The van der Waals surface area contributed by atoms with E-state index in [0.717, 1.165) is 5.56 Å². The first kappa shape index (κ1) is 25.5. The highest BCUT2D eigenvalue weighted by molar-refractivity contribution is 14.0. The van der Waals surface area contributed by atoms with E-state index in [1.807, 2.05) is 37.3 Å². The van der Waals surface area contributed by atoms with E-state index in [1.165, 1.54) is 4.90 Å². The van der Waals surface area contributed by atoms with Crippen LogP contribution in [0.1, 0.15) is 18.9 Å². The van der Waals surface area contributed by atoms with Crippen molar-refractivity contribution >= 4 is 35.8 Å². The fraction of sp³-hybridized carbons (Fsp3) is 0.579. The Morgan fingerprint density at radius 3 is 2.59 bits per heavy atom. The molecule has 1 amide bonds. The summed E-state index contributed by atoms with van der Waals surface area (Å²) in [5.74, 6) is 0.349. The van der Waals surface area contributed by atoms with Crippen LogP contribution in [0.2, 0.25) is 0 Å². The van der Waals surface area contributed by atoms with Crippen LogP contribution in [0.25, 0.3) is 0 Å². The maximum Gasteiger partial charge on any atom is 0.401 e. The summed E-state index contributed by atoms with van der Waals surface area (Å²) in [7, 11) is 1.57. The van der Waals surface area contributed by atoms with Gasteiger partial charge in [-0.15, -0.1) is 24.0 Å². The van der Waals surface area contributed by atoms with Crippen molar-refractivity contribution in [1.82, 2.24) is 20.4 Å². The number of hydrogen-bond acceptors (Lipinski definition) is 3. The van der Waals surface area contributed by atoms with Crippen LogP contribution in [-0.2, 0) is 11.3 Å². The third-order valence-electron chi connectivity index (χ3n) is 4.60. The van der Waals surface area contributed by atoms with Crippen molar-refractivity contribution in [2.24, 2.45) is 4.99 Å². The molecule has 1 fully saturated rings. The number of nitrogens with zero attached hydrogens (tertiary/aromatic N) is 3. The molecule has 2 rings (SSSR count). The van der Waals surface area contributed by atoms with Gasteiger partial charge in [0.15, 0.2) is 5.96 Å². The second-order valence-electron chi connectivity index (χ2n) is 6.80. The van der Waals surface area contributed by atoms with Crippen molar-refractivity contribution in [3.8, 4) is 0 Å². The molecule has 6 nitrogen and oxygen atoms in total. The Morgan fingerprint density at radius 2 is 2.00 bits per heavy atom. The number of aliphatic imine (C=N–C) groups is 1. The zero-order valence-electron chi connectivity index (χ0n) is 16.7. The van der Waals surface area contributed by atoms with Gasteiger partial charge in [-0.1, -0.05) is 30.3 Å². The third-order valence-corrected chi connectivity index (χ3v) is 4.60. The van der Waals surface area contributed by atoms with Crippen LogP contribution in [-0.4, -0.2) is 73.7 Å². The number of likely N-dealkylation sites (N-methyl/N-ethyl adjacent to an activating group) is 1. The largest absolute Gasteiger partial charge is 0.401 e. The summed E-state index contributed by atoms with van der Waals surface area (Å²) >= 11 is 0. The number of carbonyl (C=O) groups is 1. The summed E-state index contributed by atoms with van der Waals surface area (Å²) in [5.41, 5.74) is 1.05. The quantitative estimate of drug-likeness (QED) is 0.325. The lowest BCUT2D eigenvalue weighted by Crippen LogP contribution is -2.48. The maximum absolute atomic E-state index is 12.5. The van der Waals surface area contributed by atoms with Crippen LogP contribution in [0.5, 0.6) is 0 Å². The van der Waals surface area contributed by atoms with Gasteiger partial charge in [-0.2, -0.15) is 13.2 Å². The molecule has 1 aliphatic heterocycles. The van der Waals surface area contributed by atoms with Crippen molar-refractivity contribution in [1.29, 1.82) is 0 Å². The molecule has 1 aromatic carbocycles. The Morgan fingerprint density at radius 1 is 1.31 bits per heavy atom. The van der Waals surface area contributed by atoms with E-state index in [4.69, 9.17) is 0 Å². The Labute approximate surface area is 186 Å². The summed E-state index contributed by atoms with van der Waals surface area (Å²) in [4.78, 5) is 19.7. The molecule has 1 aromatic rings. The number of hydrogen-bond donors (Lipinski definition) is 2. The van der Waals surface area contributed by atoms with Gasteiger partial charge in [0.25, 0.3) is 0 Å². The number of amides is 1. The molecule has 1 saturated heterocycles. The first-order chi connectivity index (χ1) is 13.3. The molecule has 0 spiro atoms. The number of halogens is 4. The minimum absolute atomic E-state index is 0. The minimum atomic E-state index is -4.19. The molecule has 164 valence electrons. The van der Waals surface area contributed by atoms with E-state index in [2.05, 4.69) is 15.6 Å². The molecule has 0 saturated carbocycles. The smallest absolute Gasteiger partial charge is 0.352 e. The summed E-state index contributed by atoms with van der Waals surface area (Å²) in [6.07, 6.45) is -3.59. The van der Waals surface area contributed by atoms with Crippen LogP contribution in [0, 0.1) is 0 Å². The van der Waals surface area contributed by atoms with Crippen LogP contribution < -0.4 is 10.6 Å². The molecule has 1 atom stereocenters. The normalized spacial score (nSPS) is 17.6. The predicted octanol–water partition coefficient (Wildman–Crippen LogP) is 2.45. The van der Waals surface area contributed by atoms with E-state index in [1.54, 1.807) is 11.9 Å². The molecule has 29 heavy (non-hydrogen) atoms. The van der Waals surface area contributed by atoms with E-state index < -0.39 is 12.7 Å². The highest BCUT2D eigenvalue weighted by atomic mass is 127. The SMILES string of the molecule is CCN(Cc1ccccc1)C(=O)CNC(=NC)NC1CCN(CC(F)(F)F)C1.I. The standard InChI is InChI=1S/C19H28F3N5O.HI/c1-3-27(12-15-7-5-4-6-8-15)17(28)11-24-18(23-2)25-16-9-10-26(13-16)14-19(20,21)22;/h4-8,16H,3,9-14H2,1-2H3,(H2,23,24,25);1H. The summed E-state index contributed by atoms with van der Waals surface area (Å²) < 4.78 is 37.5. The minimum Gasteiger partial charge on any atom is -0.352 e. The molecule has 0 radical (unpaired) electrons. The molecule has 0 bridgehead atoms. The van der Waals surface area contributed by atoms with Gasteiger partial charge in [-0.25, -0.2) is 0 Å². The lowest BCUT2D eigenvalue weighted by molar-refractivity contribution is -0.143. The van der Waals surface area contributed by atoms with E-state index in [0.29, 0.717) is 38.6 Å². The van der Waals surface area contributed by atoms with E-state index in [-0.39, 0.29) is 42.5 Å². The van der Waals surface area contributed by atoms with Crippen molar-refractivity contribution < 1.29 is 18.0 Å². The lowest BCUT2D eigenvalue weighted by atomic mass is 10.2. The zero-order valence-corrected chi connectivity index (χ0v) is 19.0. The second-order valence-corrected chi connectivity index (χ2v) is 6.80. The van der Waals surface area contributed by atoms with E-state index >= 15 is 0 Å². The predicted molar refractivity (Wildman–Crippen MR) is 118 cm³/mol.